The normalized spacial score (nSPS) is 14.6. The maximum atomic E-state index is 12.2. The Morgan fingerprint density at radius 3 is 3.00 bits per heavy atom. The van der Waals surface area contributed by atoms with Crippen LogP contribution in [-0.4, -0.2) is 20.3 Å². The molecule has 0 radical (unpaired) electrons. The zero-order valence-corrected chi connectivity index (χ0v) is 10.8. The van der Waals surface area contributed by atoms with Crippen molar-refractivity contribution < 1.29 is 4.79 Å². The topological polar surface area (TPSA) is 77.9 Å². The average molecular weight is 259 g/mol. The number of carbonyl (C=O) groups excluding carboxylic acids is 1. The maximum Gasteiger partial charge on any atom is 0.268 e. The summed E-state index contributed by atoms with van der Waals surface area (Å²) in [7, 11) is 1.85. The number of aryl methyl sites for hydroxylation is 1. The van der Waals surface area contributed by atoms with Gasteiger partial charge in [-0.3, -0.25) is 9.48 Å². The third-order valence-corrected chi connectivity index (χ3v) is 3.40. The van der Waals surface area contributed by atoms with Gasteiger partial charge in [-0.2, -0.15) is 5.10 Å². The molecule has 0 aliphatic heterocycles. The standard InChI is InChI=1S/C13H17N5O/c1-17-11(4-5-16-17)7-15-13(19)12-6-9(14)8-18(12)10-2-3-10/h4-6,8,10H,2-3,7,14H2,1H3,(H,15,19). The lowest BCUT2D eigenvalue weighted by molar-refractivity contribution is 0.0940. The molecule has 19 heavy (non-hydrogen) atoms. The van der Waals surface area contributed by atoms with E-state index in [1.54, 1.807) is 16.9 Å². The fraction of sp³-hybridized carbons (Fsp3) is 0.385. The van der Waals surface area contributed by atoms with Crippen molar-refractivity contribution in [1.29, 1.82) is 0 Å². The summed E-state index contributed by atoms with van der Waals surface area (Å²) in [5.74, 6) is -0.0928. The summed E-state index contributed by atoms with van der Waals surface area (Å²) in [6.45, 7) is 0.463. The van der Waals surface area contributed by atoms with Gasteiger partial charge < -0.3 is 15.6 Å². The minimum absolute atomic E-state index is 0.0928. The molecule has 0 atom stereocenters. The van der Waals surface area contributed by atoms with Crippen LogP contribution in [0, 0.1) is 0 Å². The summed E-state index contributed by atoms with van der Waals surface area (Å²) >= 11 is 0. The first-order valence-electron chi connectivity index (χ1n) is 6.37. The third-order valence-electron chi connectivity index (χ3n) is 3.40. The van der Waals surface area contributed by atoms with Crippen molar-refractivity contribution in [3.8, 4) is 0 Å². The second kappa shape index (κ2) is 4.46. The molecule has 6 nitrogen and oxygen atoms in total. The number of hydrogen-bond donors (Lipinski definition) is 2. The summed E-state index contributed by atoms with van der Waals surface area (Å²) in [4.78, 5) is 12.2. The van der Waals surface area contributed by atoms with E-state index in [9.17, 15) is 4.79 Å². The van der Waals surface area contributed by atoms with Gasteiger partial charge in [0.1, 0.15) is 5.69 Å². The number of amides is 1. The van der Waals surface area contributed by atoms with Gasteiger partial charge in [0.05, 0.1) is 17.9 Å². The van der Waals surface area contributed by atoms with Gasteiger partial charge in [-0.25, -0.2) is 0 Å². The van der Waals surface area contributed by atoms with Crippen molar-refractivity contribution in [2.75, 3.05) is 5.73 Å². The number of nitrogens with one attached hydrogen (secondary N) is 1. The molecule has 0 aromatic carbocycles. The van der Waals surface area contributed by atoms with Crippen molar-refractivity contribution in [3.05, 3.63) is 35.9 Å². The van der Waals surface area contributed by atoms with Crippen LogP contribution in [0.25, 0.3) is 0 Å². The first-order valence-corrected chi connectivity index (χ1v) is 6.37. The first kappa shape index (κ1) is 11.8. The third kappa shape index (κ3) is 2.33. The predicted octanol–water partition coefficient (Wildman–Crippen LogP) is 1.07. The molecular weight excluding hydrogens is 242 g/mol. The molecule has 1 amide bonds. The molecule has 6 heteroatoms. The second-order valence-electron chi connectivity index (χ2n) is 4.93. The van der Waals surface area contributed by atoms with Crippen LogP contribution in [0.2, 0.25) is 0 Å². The molecule has 0 unspecified atom stereocenters. The van der Waals surface area contributed by atoms with Gasteiger partial charge in [-0.1, -0.05) is 0 Å². The monoisotopic (exact) mass is 259 g/mol. The Morgan fingerprint density at radius 2 is 2.37 bits per heavy atom. The van der Waals surface area contributed by atoms with E-state index >= 15 is 0 Å². The lowest BCUT2D eigenvalue weighted by atomic mass is 10.3. The number of hydrogen-bond acceptors (Lipinski definition) is 3. The SMILES string of the molecule is Cn1nccc1CNC(=O)c1cc(N)cn1C1CC1. The average Bonchev–Trinajstić information content (AvgIpc) is 3.04. The largest absolute Gasteiger partial charge is 0.397 e. The van der Waals surface area contributed by atoms with Crippen LogP contribution in [0.1, 0.15) is 35.1 Å². The Hall–Kier alpha value is -2.24. The minimum Gasteiger partial charge on any atom is -0.397 e. The Labute approximate surface area is 111 Å². The van der Waals surface area contributed by atoms with Crippen LogP contribution in [-0.2, 0) is 13.6 Å². The number of carbonyl (C=O) groups is 1. The molecule has 0 bridgehead atoms. The van der Waals surface area contributed by atoms with E-state index in [0.717, 1.165) is 18.5 Å². The molecule has 1 saturated carbocycles. The van der Waals surface area contributed by atoms with Gasteiger partial charge in [-0.15, -0.1) is 0 Å². The molecule has 0 saturated heterocycles. The highest BCUT2D eigenvalue weighted by atomic mass is 16.1. The summed E-state index contributed by atoms with van der Waals surface area (Å²) in [5.41, 5.74) is 8.02. The Balaban J connectivity index is 1.72. The molecule has 0 spiro atoms. The minimum atomic E-state index is -0.0928. The Morgan fingerprint density at radius 1 is 1.58 bits per heavy atom. The van der Waals surface area contributed by atoms with E-state index in [0.29, 0.717) is 24.0 Å². The van der Waals surface area contributed by atoms with Crippen molar-refractivity contribution in [1.82, 2.24) is 19.7 Å². The summed E-state index contributed by atoms with van der Waals surface area (Å²) in [6, 6.07) is 4.06. The van der Waals surface area contributed by atoms with E-state index in [4.69, 9.17) is 5.73 Å². The maximum absolute atomic E-state index is 12.2. The van der Waals surface area contributed by atoms with Gasteiger partial charge in [0.15, 0.2) is 0 Å². The molecule has 100 valence electrons. The summed E-state index contributed by atoms with van der Waals surface area (Å²) < 4.78 is 3.72. The zero-order valence-electron chi connectivity index (χ0n) is 10.8. The fourth-order valence-electron chi connectivity index (χ4n) is 2.17. The molecule has 2 aromatic heterocycles. The summed E-state index contributed by atoms with van der Waals surface area (Å²) in [5, 5.41) is 6.97. The van der Waals surface area contributed by atoms with Crippen LogP contribution in [0.15, 0.2) is 24.5 Å². The van der Waals surface area contributed by atoms with Crippen LogP contribution in [0.3, 0.4) is 0 Å². The highest BCUT2D eigenvalue weighted by Crippen LogP contribution is 2.37. The smallest absolute Gasteiger partial charge is 0.268 e. The van der Waals surface area contributed by atoms with Crippen molar-refractivity contribution in [2.24, 2.45) is 7.05 Å². The van der Waals surface area contributed by atoms with Gasteiger partial charge >= 0.3 is 0 Å². The number of aromatic nitrogens is 3. The number of rotatable bonds is 4. The van der Waals surface area contributed by atoms with Crippen LogP contribution in [0.4, 0.5) is 5.69 Å². The summed E-state index contributed by atoms with van der Waals surface area (Å²) in [6.07, 6.45) is 5.80. The van der Waals surface area contributed by atoms with Gasteiger partial charge in [0.25, 0.3) is 5.91 Å². The van der Waals surface area contributed by atoms with E-state index < -0.39 is 0 Å². The predicted molar refractivity (Wildman–Crippen MR) is 71.5 cm³/mol. The van der Waals surface area contributed by atoms with Crippen molar-refractivity contribution in [3.63, 3.8) is 0 Å². The molecule has 1 aliphatic carbocycles. The van der Waals surface area contributed by atoms with E-state index in [2.05, 4.69) is 10.4 Å². The lowest BCUT2D eigenvalue weighted by Gasteiger charge is -2.08. The Bertz CT molecular complexity index is 608. The van der Waals surface area contributed by atoms with E-state index in [-0.39, 0.29) is 5.91 Å². The zero-order chi connectivity index (χ0) is 13.4. The molecule has 3 N–H and O–H groups in total. The Kier molecular flexibility index (Phi) is 2.77. The molecule has 2 heterocycles. The van der Waals surface area contributed by atoms with Crippen LogP contribution in [0.5, 0.6) is 0 Å². The molecule has 3 rings (SSSR count). The molecule has 1 aliphatic rings. The second-order valence-corrected chi connectivity index (χ2v) is 4.93. The van der Waals surface area contributed by atoms with Gasteiger partial charge in [-0.05, 0) is 25.0 Å². The molecular formula is C13H17N5O. The molecule has 2 aromatic rings. The highest BCUT2D eigenvalue weighted by molar-refractivity contribution is 5.93. The van der Waals surface area contributed by atoms with E-state index in [1.165, 1.54) is 0 Å². The quantitative estimate of drug-likeness (QED) is 0.862. The highest BCUT2D eigenvalue weighted by Gasteiger charge is 2.27. The van der Waals surface area contributed by atoms with Gasteiger partial charge in [0.2, 0.25) is 0 Å². The number of nitrogen functional groups attached to an aromatic ring is 1. The fourth-order valence-corrected chi connectivity index (χ4v) is 2.17. The number of nitrogens with two attached hydrogens (primary N) is 1. The van der Waals surface area contributed by atoms with Crippen molar-refractivity contribution >= 4 is 11.6 Å². The van der Waals surface area contributed by atoms with Crippen molar-refractivity contribution in [2.45, 2.75) is 25.4 Å². The number of anilines is 1. The van der Waals surface area contributed by atoms with E-state index in [1.807, 2.05) is 23.9 Å². The van der Waals surface area contributed by atoms with Crippen LogP contribution < -0.4 is 11.1 Å². The molecule has 1 fully saturated rings. The van der Waals surface area contributed by atoms with Crippen LogP contribution >= 0.6 is 0 Å². The first-order chi connectivity index (χ1) is 9.15. The lowest BCUT2D eigenvalue weighted by Crippen LogP contribution is -2.26. The number of nitrogens with zero attached hydrogens (tertiary/aromatic N) is 3. The van der Waals surface area contributed by atoms with Gasteiger partial charge in [0, 0.05) is 25.5 Å².